The Hall–Kier alpha value is -1.53. The van der Waals surface area contributed by atoms with Gasteiger partial charge in [-0.05, 0) is 24.3 Å². The molecule has 0 spiro atoms. The zero-order chi connectivity index (χ0) is 14.3. The Morgan fingerprint density at radius 3 is 1.89 bits per heavy atom. The molecule has 4 nitrogen and oxygen atoms in total. The van der Waals surface area contributed by atoms with Gasteiger partial charge in [0, 0.05) is 34.4 Å². The molecule has 1 unspecified atom stereocenters. The smallest absolute Gasteiger partial charge is 0.192 e. The molecule has 1 heterocycles. The van der Waals surface area contributed by atoms with E-state index in [0.717, 1.165) is 11.2 Å². The number of nitrogens with zero attached hydrogens (tertiary/aromatic N) is 1. The summed E-state index contributed by atoms with van der Waals surface area (Å²) in [7, 11) is -3.94. The molecule has 6 heteroatoms. The summed E-state index contributed by atoms with van der Waals surface area (Å²) in [6.45, 7) is 0. The molecule has 0 bridgehead atoms. The van der Waals surface area contributed by atoms with Crippen LogP contribution in [0.4, 0.5) is 0 Å². The van der Waals surface area contributed by atoms with Crippen LogP contribution in [-0.4, -0.2) is 30.1 Å². The van der Waals surface area contributed by atoms with Crippen molar-refractivity contribution in [2.24, 2.45) is 0 Å². The van der Waals surface area contributed by atoms with E-state index in [1.807, 2.05) is 30.3 Å². The molecular weight excluding hydrogens is 282 g/mol. The number of hydrogen-bond acceptors (Lipinski definition) is 4. The summed E-state index contributed by atoms with van der Waals surface area (Å²) >= 11 is 0. The monoisotopic (exact) mass is 297 g/mol. The standard InChI is InChI=1S/C7H8OS.C6H7NO2S/c1-9(8)7-5-3-2-4-6-7;1-10(8,9)6-4-2-3-5-7-6/h2-6H,1H3;2-5H,1H3. The van der Waals surface area contributed by atoms with Gasteiger partial charge in [-0.1, -0.05) is 24.3 Å². The highest BCUT2D eigenvalue weighted by Gasteiger charge is 2.05. The van der Waals surface area contributed by atoms with E-state index >= 15 is 0 Å². The maximum atomic E-state index is 10.8. The summed E-state index contributed by atoms with van der Waals surface area (Å²) < 4.78 is 32.3. The van der Waals surface area contributed by atoms with Gasteiger partial charge in [-0.2, -0.15) is 0 Å². The number of sulfone groups is 1. The van der Waals surface area contributed by atoms with Gasteiger partial charge >= 0.3 is 0 Å². The van der Waals surface area contributed by atoms with Crippen molar-refractivity contribution in [1.82, 2.24) is 4.98 Å². The van der Waals surface area contributed by atoms with Crippen LogP contribution in [0.25, 0.3) is 0 Å². The Morgan fingerprint density at radius 1 is 1.00 bits per heavy atom. The average molecular weight is 297 g/mol. The first-order valence-electron chi connectivity index (χ1n) is 5.41. The first kappa shape index (κ1) is 15.5. The second-order valence-corrected chi connectivity index (χ2v) is 7.05. The second-order valence-electron chi connectivity index (χ2n) is 3.71. The zero-order valence-electron chi connectivity index (χ0n) is 10.7. The third-order valence-electron chi connectivity index (χ3n) is 2.09. The van der Waals surface area contributed by atoms with Gasteiger partial charge in [0.2, 0.25) is 0 Å². The Labute approximate surface area is 115 Å². The van der Waals surface area contributed by atoms with Crippen LogP contribution in [-0.2, 0) is 20.6 Å². The molecule has 1 aromatic carbocycles. The van der Waals surface area contributed by atoms with Crippen molar-refractivity contribution in [3.8, 4) is 0 Å². The van der Waals surface area contributed by atoms with Gasteiger partial charge < -0.3 is 0 Å². The van der Waals surface area contributed by atoms with Crippen LogP contribution in [0, 0.1) is 0 Å². The van der Waals surface area contributed by atoms with Gasteiger partial charge in [0.25, 0.3) is 0 Å². The van der Waals surface area contributed by atoms with Crippen LogP contribution in [0.2, 0.25) is 0 Å². The molecule has 102 valence electrons. The van der Waals surface area contributed by atoms with E-state index in [1.54, 1.807) is 18.4 Å². The van der Waals surface area contributed by atoms with Crippen LogP contribution in [0.3, 0.4) is 0 Å². The molecule has 1 atom stereocenters. The Kier molecular flexibility index (Phi) is 5.85. The van der Waals surface area contributed by atoms with Crippen molar-refractivity contribution in [3.63, 3.8) is 0 Å². The van der Waals surface area contributed by atoms with Crippen molar-refractivity contribution >= 4 is 20.6 Å². The van der Waals surface area contributed by atoms with Crippen LogP contribution in [0.15, 0.2) is 64.6 Å². The molecule has 0 aliphatic rings. The van der Waals surface area contributed by atoms with Crippen LogP contribution < -0.4 is 0 Å². The Bertz CT molecular complexity index is 625. The lowest BCUT2D eigenvalue weighted by atomic mass is 10.4. The fourth-order valence-electron chi connectivity index (χ4n) is 1.18. The lowest BCUT2D eigenvalue weighted by molar-refractivity contribution is 0.598. The topological polar surface area (TPSA) is 64.1 Å². The van der Waals surface area contributed by atoms with Crippen molar-refractivity contribution in [2.45, 2.75) is 9.92 Å². The van der Waals surface area contributed by atoms with Crippen molar-refractivity contribution in [2.75, 3.05) is 12.5 Å². The molecule has 0 aliphatic carbocycles. The van der Waals surface area contributed by atoms with E-state index in [2.05, 4.69) is 4.98 Å². The molecule has 0 radical (unpaired) electrons. The lowest BCUT2D eigenvalue weighted by Gasteiger charge is -1.92. The maximum Gasteiger partial charge on any atom is 0.192 e. The van der Waals surface area contributed by atoms with E-state index in [0.29, 0.717) is 0 Å². The van der Waals surface area contributed by atoms with Crippen molar-refractivity contribution in [3.05, 3.63) is 54.7 Å². The predicted molar refractivity (Wildman–Crippen MR) is 76.1 cm³/mol. The Morgan fingerprint density at radius 2 is 1.58 bits per heavy atom. The van der Waals surface area contributed by atoms with Gasteiger partial charge in [-0.3, -0.25) is 4.21 Å². The first-order chi connectivity index (χ1) is 8.91. The van der Waals surface area contributed by atoms with E-state index in [4.69, 9.17) is 0 Å². The normalized spacial score (nSPS) is 12.1. The summed E-state index contributed by atoms with van der Waals surface area (Å²) in [6.07, 6.45) is 4.26. The molecule has 0 saturated heterocycles. The number of hydrogen-bond donors (Lipinski definition) is 0. The maximum absolute atomic E-state index is 10.8. The molecule has 19 heavy (non-hydrogen) atoms. The number of benzene rings is 1. The highest BCUT2D eigenvalue weighted by Crippen LogP contribution is 2.01. The molecule has 0 fully saturated rings. The molecule has 0 saturated carbocycles. The minimum Gasteiger partial charge on any atom is -0.255 e. The summed E-state index contributed by atoms with van der Waals surface area (Å²) in [6, 6.07) is 14.2. The predicted octanol–water partition coefficient (Wildman–Crippen LogP) is 1.91. The number of pyridine rings is 1. The number of rotatable bonds is 2. The molecule has 1 aromatic heterocycles. The molecule has 0 aliphatic heterocycles. The summed E-state index contributed by atoms with van der Waals surface area (Å²) in [5.74, 6) is 0. The van der Waals surface area contributed by atoms with Crippen LogP contribution in [0.1, 0.15) is 0 Å². The quantitative estimate of drug-likeness (QED) is 0.849. The highest BCUT2D eigenvalue weighted by atomic mass is 32.2. The van der Waals surface area contributed by atoms with E-state index < -0.39 is 20.6 Å². The number of aromatic nitrogens is 1. The lowest BCUT2D eigenvalue weighted by Crippen LogP contribution is -1.98. The van der Waals surface area contributed by atoms with Crippen LogP contribution in [0.5, 0.6) is 0 Å². The summed E-state index contributed by atoms with van der Waals surface area (Å²) in [5, 5.41) is 0.120. The molecule has 0 N–H and O–H groups in total. The van der Waals surface area contributed by atoms with Crippen LogP contribution >= 0.6 is 0 Å². The third kappa shape index (κ3) is 5.76. The first-order valence-corrected chi connectivity index (χ1v) is 8.86. The zero-order valence-corrected chi connectivity index (χ0v) is 12.3. The van der Waals surface area contributed by atoms with Gasteiger partial charge in [-0.15, -0.1) is 0 Å². The van der Waals surface area contributed by atoms with E-state index in [-0.39, 0.29) is 5.03 Å². The van der Waals surface area contributed by atoms with Crippen molar-refractivity contribution < 1.29 is 12.6 Å². The van der Waals surface area contributed by atoms with E-state index in [1.165, 1.54) is 12.3 Å². The SMILES string of the molecule is CS(=O)(=O)c1ccccn1.CS(=O)c1ccccc1. The molecule has 2 aromatic rings. The van der Waals surface area contributed by atoms with Gasteiger partial charge in [0.15, 0.2) is 14.9 Å². The van der Waals surface area contributed by atoms with E-state index in [9.17, 15) is 12.6 Å². The molecular formula is C13H15NO3S2. The highest BCUT2D eigenvalue weighted by molar-refractivity contribution is 7.90. The third-order valence-corrected chi connectivity index (χ3v) is 4.03. The minimum absolute atomic E-state index is 0.120. The Balaban J connectivity index is 0.000000191. The summed E-state index contributed by atoms with van der Waals surface area (Å²) in [5.41, 5.74) is 0. The van der Waals surface area contributed by atoms with Crippen molar-refractivity contribution in [1.29, 1.82) is 0 Å². The van der Waals surface area contributed by atoms with Gasteiger partial charge in [0.1, 0.15) is 0 Å². The average Bonchev–Trinajstić information content (AvgIpc) is 2.40. The minimum atomic E-state index is -3.11. The fourth-order valence-corrected chi connectivity index (χ4v) is 2.30. The van der Waals surface area contributed by atoms with Gasteiger partial charge in [0.05, 0.1) is 0 Å². The molecule has 2 rings (SSSR count). The fraction of sp³-hybridized carbons (Fsp3) is 0.154. The van der Waals surface area contributed by atoms with Gasteiger partial charge in [-0.25, -0.2) is 13.4 Å². The second kappa shape index (κ2) is 7.16. The largest absolute Gasteiger partial charge is 0.255 e. The molecule has 0 amide bonds. The summed E-state index contributed by atoms with van der Waals surface area (Å²) in [4.78, 5) is 4.55.